The quantitative estimate of drug-likeness (QED) is 0.0741. The highest BCUT2D eigenvalue weighted by Gasteiger charge is 2.48. The molecule has 0 aliphatic carbocycles. The van der Waals surface area contributed by atoms with Gasteiger partial charge in [0.15, 0.2) is 5.13 Å². The van der Waals surface area contributed by atoms with Crippen LogP contribution in [0.5, 0.6) is 5.75 Å². The largest absolute Gasteiger partial charge is 0.507 e. The van der Waals surface area contributed by atoms with Gasteiger partial charge in [0.1, 0.15) is 16.4 Å². The molecular formula is C27H25N3O8S. The van der Waals surface area contributed by atoms with E-state index in [1.165, 1.54) is 31.4 Å². The lowest BCUT2D eigenvalue weighted by Crippen LogP contribution is -2.29. The average molecular weight is 552 g/mol. The van der Waals surface area contributed by atoms with Crippen molar-refractivity contribution in [3.8, 4) is 5.75 Å². The van der Waals surface area contributed by atoms with Crippen molar-refractivity contribution in [3.63, 3.8) is 0 Å². The molecule has 0 saturated carbocycles. The number of carbonyl (C=O) groups excluding carboxylic acids is 3. The van der Waals surface area contributed by atoms with Gasteiger partial charge in [-0.15, -0.1) is 0 Å². The van der Waals surface area contributed by atoms with E-state index >= 15 is 0 Å². The highest BCUT2D eigenvalue weighted by molar-refractivity contribution is 7.17. The van der Waals surface area contributed by atoms with Crippen LogP contribution in [0.15, 0.2) is 54.1 Å². The fourth-order valence-corrected chi connectivity index (χ4v) is 5.16. The summed E-state index contributed by atoms with van der Waals surface area (Å²) < 4.78 is 10.5. The minimum Gasteiger partial charge on any atom is -0.507 e. The molecule has 0 radical (unpaired) electrons. The number of amides is 1. The van der Waals surface area contributed by atoms with Gasteiger partial charge >= 0.3 is 11.9 Å². The molecule has 11 nitrogen and oxygen atoms in total. The topological polar surface area (TPSA) is 149 Å². The predicted molar refractivity (Wildman–Crippen MR) is 143 cm³/mol. The zero-order chi connectivity index (χ0) is 28.3. The van der Waals surface area contributed by atoms with Gasteiger partial charge in [0.25, 0.3) is 11.5 Å². The monoisotopic (exact) mass is 551 g/mol. The van der Waals surface area contributed by atoms with Crippen molar-refractivity contribution in [2.75, 3.05) is 18.6 Å². The predicted octanol–water partition coefficient (Wildman–Crippen LogP) is 4.95. The molecule has 1 fully saturated rings. The highest BCUT2D eigenvalue weighted by atomic mass is 32.1. The minimum absolute atomic E-state index is 0.00204. The molecule has 4 rings (SSSR count). The maximum absolute atomic E-state index is 13.4. The first-order chi connectivity index (χ1) is 18.7. The van der Waals surface area contributed by atoms with Crippen LogP contribution in [-0.2, 0) is 14.3 Å². The number of ketones is 1. The SMILES string of the molecule is CCCCOc1cccc(/C(O)=C2\C(=O)C(=O)N(c3nc(C)c(C(=O)OC)s3)C2c2cccc([N+](=O)[O-])c2)c1. The molecule has 1 aliphatic heterocycles. The minimum atomic E-state index is -1.26. The number of anilines is 1. The number of esters is 1. The molecule has 3 aromatic rings. The number of methoxy groups -OCH3 is 1. The molecule has 202 valence electrons. The van der Waals surface area contributed by atoms with Crippen molar-refractivity contribution < 1.29 is 33.9 Å². The number of nitro groups is 1. The van der Waals surface area contributed by atoms with E-state index in [1.807, 2.05) is 6.92 Å². The maximum Gasteiger partial charge on any atom is 0.350 e. The van der Waals surface area contributed by atoms with E-state index in [0.717, 1.165) is 29.1 Å². The molecule has 0 bridgehead atoms. The highest BCUT2D eigenvalue weighted by Crippen LogP contribution is 2.44. The first kappa shape index (κ1) is 27.5. The van der Waals surface area contributed by atoms with Crippen LogP contribution in [0, 0.1) is 17.0 Å². The van der Waals surface area contributed by atoms with Crippen LogP contribution in [0.1, 0.15) is 52.3 Å². The average Bonchev–Trinajstić information content (AvgIpc) is 3.44. The summed E-state index contributed by atoms with van der Waals surface area (Å²) in [7, 11) is 1.20. The number of aliphatic hydroxyl groups is 1. The van der Waals surface area contributed by atoms with E-state index in [9.17, 15) is 29.6 Å². The first-order valence-corrected chi connectivity index (χ1v) is 12.8. The summed E-state index contributed by atoms with van der Waals surface area (Å²) in [4.78, 5) is 55.4. The number of hydrogen-bond acceptors (Lipinski definition) is 10. The zero-order valence-corrected chi connectivity index (χ0v) is 22.2. The Kier molecular flexibility index (Phi) is 8.05. The molecule has 1 N–H and O–H groups in total. The number of nitro benzene ring substituents is 1. The Morgan fingerprint density at radius 2 is 1.95 bits per heavy atom. The van der Waals surface area contributed by atoms with E-state index in [2.05, 4.69) is 4.98 Å². The molecule has 1 unspecified atom stereocenters. The van der Waals surface area contributed by atoms with Crippen LogP contribution in [0.4, 0.5) is 10.8 Å². The molecule has 2 aromatic carbocycles. The van der Waals surface area contributed by atoms with Crippen molar-refractivity contribution in [1.82, 2.24) is 4.98 Å². The first-order valence-electron chi connectivity index (χ1n) is 12.0. The molecule has 1 aromatic heterocycles. The third-order valence-electron chi connectivity index (χ3n) is 6.08. The number of nitrogens with zero attached hydrogens (tertiary/aromatic N) is 3. The van der Waals surface area contributed by atoms with Gasteiger partial charge < -0.3 is 14.6 Å². The number of Topliss-reactive ketones (excluding diaryl/α,β-unsaturated/α-hetero) is 1. The summed E-state index contributed by atoms with van der Waals surface area (Å²) in [5, 5.41) is 22.9. The van der Waals surface area contributed by atoms with Crippen molar-refractivity contribution in [1.29, 1.82) is 0 Å². The lowest BCUT2D eigenvalue weighted by Gasteiger charge is -2.23. The Labute approximate surface area is 227 Å². The summed E-state index contributed by atoms with van der Waals surface area (Å²) in [5.41, 5.74) is 0.155. The van der Waals surface area contributed by atoms with Crippen LogP contribution in [0.2, 0.25) is 0 Å². The smallest absolute Gasteiger partial charge is 0.350 e. The van der Waals surface area contributed by atoms with Gasteiger partial charge in [0, 0.05) is 17.7 Å². The Morgan fingerprint density at radius 3 is 2.64 bits per heavy atom. The van der Waals surface area contributed by atoms with Gasteiger partial charge in [-0.3, -0.25) is 24.6 Å². The molecular weight excluding hydrogens is 526 g/mol. The second kappa shape index (κ2) is 11.4. The summed E-state index contributed by atoms with van der Waals surface area (Å²) >= 11 is 0.836. The van der Waals surface area contributed by atoms with Crippen LogP contribution < -0.4 is 9.64 Å². The van der Waals surface area contributed by atoms with Gasteiger partial charge in [0.05, 0.1) is 35.9 Å². The molecule has 2 heterocycles. The molecule has 1 aliphatic rings. The van der Waals surface area contributed by atoms with Crippen molar-refractivity contribution in [3.05, 3.63) is 85.9 Å². The van der Waals surface area contributed by atoms with E-state index in [-0.39, 0.29) is 38.1 Å². The van der Waals surface area contributed by atoms with E-state index < -0.39 is 34.4 Å². The van der Waals surface area contributed by atoms with Gasteiger partial charge in [0.2, 0.25) is 0 Å². The van der Waals surface area contributed by atoms with E-state index in [1.54, 1.807) is 31.2 Å². The van der Waals surface area contributed by atoms with Gasteiger partial charge in [-0.05, 0) is 31.0 Å². The number of non-ortho nitro benzene ring substituents is 1. The van der Waals surface area contributed by atoms with Crippen LogP contribution in [0.25, 0.3) is 5.76 Å². The number of hydrogen-bond donors (Lipinski definition) is 1. The second-order valence-electron chi connectivity index (χ2n) is 8.65. The Morgan fingerprint density at radius 1 is 1.21 bits per heavy atom. The molecule has 12 heteroatoms. The number of unbranched alkanes of at least 4 members (excludes halogenated alkanes) is 1. The summed E-state index contributed by atoms with van der Waals surface area (Å²) in [6.07, 6.45) is 1.76. The number of aliphatic hydroxyl groups excluding tert-OH is 1. The van der Waals surface area contributed by atoms with Crippen LogP contribution in [0.3, 0.4) is 0 Å². The number of carbonyl (C=O) groups is 3. The summed E-state index contributed by atoms with van der Waals surface area (Å²) in [5.74, 6) is -2.69. The van der Waals surface area contributed by atoms with Gasteiger partial charge in [-0.1, -0.05) is 48.9 Å². The number of rotatable bonds is 9. The molecule has 1 atom stereocenters. The zero-order valence-electron chi connectivity index (χ0n) is 21.4. The summed E-state index contributed by atoms with van der Waals surface area (Å²) in [6, 6.07) is 10.6. The normalized spacial score (nSPS) is 16.4. The van der Waals surface area contributed by atoms with Crippen molar-refractivity contribution in [2.45, 2.75) is 32.7 Å². The maximum atomic E-state index is 13.4. The Hall–Kier alpha value is -4.58. The molecule has 39 heavy (non-hydrogen) atoms. The van der Waals surface area contributed by atoms with E-state index in [0.29, 0.717) is 12.4 Å². The van der Waals surface area contributed by atoms with E-state index in [4.69, 9.17) is 9.47 Å². The second-order valence-corrected chi connectivity index (χ2v) is 9.63. The van der Waals surface area contributed by atoms with Crippen LogP contribution >= 0.6 is 11.3 Å². The third kappa shape index (κ3) is 5.36. The Bertz CT molecular complexity index is 1500. The number of aromatic nitrogens is 1. The van der Waals surface area contributed by atoms with Crippen molar-refractivity contribution >= 4 is 45.6 Å². The third-order valence-corrected chi connectivity index (χ3v) is 7.21. The Balaban J connectivity index is 1.90. The molecule has 1 saturated heterocycles. The summed E-state index contributed by atoms with van der Waals surface area (Å²) in [6.45, 7) is 4.04. The standard InChI is InChI=1S/C27H25N3O8S/c1-4-5-12-38-19-11-7-9-17(14-19)22(31)20-21(16-8-6-10-18(13-16)30(35)36)29(25(33)23(20)32)27-28-15(2)24(39-27)26(34)37-3/h6-11,13-14,21,31H,4-5,12H2,1-3H3/b22-20+. The number of benzene rings is 2. The fourth-order valence-electron chi connectivity index (χ4n) is 4.14. The lowest BCUT2D eigenvalue weighted by atomic mass is 9.95. The number of thiazole rings is 1. The lowest BCUT2D eigenvalue weighted by molar-refractivity contribution is -0.384. The van der Waals surface area contributed by atoms with Gasteiger partial charge in [-0.25, -0.2) is 9.78 Å². The van der Waals surface area contributed by atoms with Crippen LogP contribution in [-0.4, -0.2) is 46.4 Å². The van der Waals surface area contributed by atoms with Crippen molar-refractivity contribution in [2.24, 2.45) is 0 Å². The van der Waals surface area contributed by atoms with Gasteiger partial charge in [-0.2, -0.15) is 0 Å². The fraction of sp³-hybridized carbons (Fsp3) is 0.259. The molecule has 1 amide bonds. The number of ether oxygens (including phenoxy) is 2. The number of aryl methyl sites for hydroxylation is 1. The molecule has 0 spiro atoms.